The van der Waals surface area contributed by atoms with Crippen LogP contribution in [0.15, 0.2) is 53.6 Å². The summed E-state index contributed by atoms with van der Waals surface area (Å²) in [6.45, 7) is 8.08. The van der Waals surface area contributed by atoms with Crippen molar-refractivity contribution < 1.29 is 14.8 Å². The molecule has 2 rings (SSSR count). The highest BCUT2D eigenvalue weighted by molar-refractivity contribution is 6.43. The number of aromatic hydroxyl groups is 1. The number of benzene rings is 1. The number of allylic oxidation sites excluding steroid dienone is 2. The standard InChI is InChI=1S/C19H25BO3/c1-4-15(13-16-7-5-6-8-18(16)21)9-10-19-17(14(2)3)11-12-20(22)23-19/h5-8,11,13,19,21-22H,2,4,9-10,12H2,1,3H3/b15-13+. The fraction of sp³-hybridized carbons (Fsp3) is 0.368. The van der Waals surface area contributed by atoms with Gasteiger partial charge in [-0.15, -0.1) is 0 Å². The van der Waals surface area contributed by atoms with E-state index in [0.29, 0.717) is 12.1 Å². The van der Waals surface area contributed by atoms with Crippen LogP contribution in [-0.2, 0) is 4.65 Å². The topological polar surface area (TPSA) is 49.7 Å². The first kappa shape index (κ1) is 17.6. The summed E-state index contributed by atoms with van der Waals surface area (Å²) in [7, 11) is -0.727. The van der Waals surface area contributed by atoms with Crippen molar-refractivity contribution in [2.75, 3.05) is 0 Å². The van der Waals surface area contributed by atoms with Crippen molar-refractivity contribution in [2.45, 2.75) is 45.5 Å². The maximum absolute atomic E-state index is 9.90. The molecule has 122 valence electrons. The van der Waals surface area contributed by atoms with Gasteiger partial charge in [0.25, 0.3) is 0 Å². The second-order valence-electron chi connectivity index (χ2n) is 6.01. The Labute approximate surface area is 139 Å². The molecule has 0 saturated carbocycles. The smallest absolute Gasteiger partial charge is 0.458 e. The largest absolute Gasteiger partial charge is 0.507 e. The molecule has 1 aliphatic rings. The highest BCUT2D eigenvalue weighted by Gasteiger charge is 2.27. The van der Waals surface area contributed by atoms with Crippen LogP contribution >= 0.6 is 0 Å². The molecular formula is C19H25BO3. The van der Waals surface area contributed by atoms with Crippen molar-refractivity contribution in [1.82, 2.24) is 0 Å². The summed E-state index contributed by atoms with van der Waals surface area (Å²) in [4.78, 5) is 0. The summed E-state index contributed by atoms with van der Waals surface area (Å²) in [5, 5.41) is 19.6. The zero-order valence-corrected chi connectivity index (χ0v) is 14.0. The van der Waals surface area contributed by atoms with Crippen LogP contribution in [0.1, 0.15) is 38.7 Å². The number of para-hydroxylation sites is 1. The minimum absolute atomic E-state index is 0.115. The van der Waals surface area contributed by atoms with E-state index in [1.165, 1.54) is 5.57 Å². The second-order valence-corrected chi connectivity index (χ2v) is 6.01. The minimum atomic E-state index is -0.727. The van der Waals surface area contributed by atoms with Gasteiger partial charge in [0, 0.05) is 11.9 Å². The van der Waals surface area contributed by atoms with E-state index in [9.17, 15) is 10.1 Å². The molecule has 0 fully saturated rings. The summed E-state index contributed by atoms with van der Waals surface area (Å²) >= 11 is 0. The van der Waals surface area contributed by atoms with Crippen LogP contribution in [-0.4, -0.2) is 23.4 Å². The molecular weight excluding hydrogens is 287 g/mol. The lowest BCUT2D eigenvalue weighted by molar-refractivity contribution is 0.183. The first-order chi connectivity index (χ1) is 11.0. The molecule has 0 bridgehead atoms. The average Bonchev–Trinajstić information content (AvgIpc) is 2.52. The van der Waals surface area contributed by atoms with Gasteiger partial charge in [-0.3, -0.25) is 0 Å². The van der Waals surface area contributed by atoms with Gasteiger partial charge in [-0.05, 0) is 37.8 Å². The number of phenols is 1. The lowest BCUT2D eigenvalue weighted by Gasteiger charge is -2.27. The lowest BCUT2D eigenvalue weighted by Crippen LogP contribution is -2.31. The SMILES string of the molecule is C=C(C)C1=CCB(O)OC1CC/C(=C/c1ccccc1O)CC. The Morgan fingerprint density at radius 3 is 2.83 bits per heavy atom. The first-order valence-corrected chi connectivity index (χ1v) is 8.18. The van der Waals surface area contributed by atoms with Gasteiger partial charge in [-0.1, -0.05) is 55.0 Å². The molecule has 1 heterocycles. The summed E-state index contributed by atoms with van der Waals surface area (Å²) in [6.07, 6.45) is 7.03. The van der Waals surface area contributed by atoms with Crippen LogP contribution in [0.4, 0.5) is 0 Å². The lowest BCUT2D eigenvalue weighted by atomic mass is 9.78. The molecule has 1 unspecified atom stereocenters. The Kier molecular flexibility index (Phi) is 6.25. The quantitative estimate of drug-likeness (QED) is 0.768. The van der Waals surface area contributed by atoms with E-state index in [2.05, 4.69) is 13.5 Å². The van der Waals surface area contributed by atoms with Gasteiger partial charge in [-0.2, -0.15) is 0 Å². The van der Waals surface area contributed by atoms with Crippen LogP contribution < -0.4 is 0 Å². The molecule has 1 atom stereocenters. The van der Waals surface area contributed by atoms with Gasteiger partial charge in [0.2, 0.25) is 0 Å². The third kappa shape index (κ3) is 4.85. The van der Waals surface area contributed by atoms with Crippen molar-refractivity contribution in [1.29, 1.82) is 0 Å². The molecule has 1 aliphatic heterocycles. The number of rotatable bonds is 6. The number of phenolic OH excluding ortho intramolecular Hbond substituents is 1. The van der Waals surface area contributed by atoms with Crippen LogP contribution in [0.2, 0.25) is 6.32 Å². The minimum Gasteiger partial charge on any atom is -0.507 e. The molecule has 0 radical (unpaired) electrons. The highest BCUT2D eigenvalue weighted by Crippen LogP contribution is 2.28. The van der Waals surface area contributed by atoms with E-state index < -0.39 is 7.12 Å². The Bertz CT molecular complexity index is 619. The molecule has 2 N–H and O–H groups in total. The summed E-state index contributed by atoms with van der Waals surface area (Å²) in [5.41, 5.74) is 4.17. The van der Waals surface area contributed by atoms with E-state index in [4.69, 9.17) is 4.65 Å². The molecule has 0 amide bonds. The van der Waals surface area contributed by atoms with Crippen molar-refractivity contribution >= 4 is 13.2 Å². The molecule has 4 heteroatoms. The van der Waals surface area contributed by atoms with E-state index in [0.717, 1.165) is 36.0 Å². The number of hydrogen-bond donors (Lipinski definition) is 2. The van der Waals surface area contributed by atoms with E-state index in [1.54, 1.807) is 6.07 Å². The van der Waals surface area contributed by atoms with Gasteiger partial charge >= 0.3 is 7.12 Å². The van der Waals surface area contributed by atoms with Gasteiger partial charge < -0.3 is 14.8 Å². The third-order valence-corrected chi connectivity index (χ3v) is 4.18. The van der Waals surface area contributed by atoms with Crippen LogP contribution in [0, 0.1) is 0 Å². The maximum atomic E-state index is 9.90. The Hall–Kier alpha value is -1.78. The first-order valence-electron chi connectivity index (χ1n) is 8.18. The molecule has 0 spiro atoms. The van der Waals surface area contributed by atoms with E-state index >= 15 is 0 Å². The Morgan fingerprint density at radius 1 is 1.43 bits per heavy atom. The van der Waals surface area contributed by atoms with Gasteiger partial charge in [0.05, 0.1) is 6.10 Å². The third-order valence-electron chi connectivity index (χ3n) is 4.18. The van der Waals surface area contributed by atoms with Crippen LogP contribution in [0.5, 0.6) is 5.75 Å². The zero-order valence-electron chi connectivity index (χ0n) is 14.0. The molecule has 23 heavy (non-hydrogen) atoms. The van der Waals surface area contributed by atoms with Gasteiger partial charge in [0.15, 0.2) is 0 Å². The monoisotopic (exact) mass is 312 g/mol. The van der Waals surface area contributed by atoms with Crippen molar-refractivity contribution in [3.05, 3.63) is 59.2 Å². The van der Waals surface area contributed by atoms with Crippen molar-refractivity contribution in [3.8, 4) is 5.75 Å². The second kappa shape index (κ2) is 8.18. The van der Waals surface area contributed by atoms with E-state index in [1.807, 2.05) is 37.3 Å². The predicted molar refractivity (Wildman–Crippen MR) is 96.2 cm³/mol. The number of hydrogen-bond acceptors (Lipinski definition) is 3. The fourth-order valence-corrected chi connectivity index (χ4v) is 2.85. The molecule has 0 aromatic heterocycles. The molecule has 0 aliphatic carbocycles. The summed E-state index contributed by atoms with van der Waals surface area (Å²) < 4.78 is 5.68. The van der Waals surface area contributed by atoms with Crippen LogP contribution in [0.25, 0.3) is 6.08 Å². The van der Waals surface area contributed by atoms with Crippen molar-refractivity contribution in [3.63, 3.8) is 0 Å². The average molecular weight is 312 g/mol. The molecule has 1 aromatic rings. The van der Waals surface area contributed by atoms with Gasteiger partial charge in [-0.25, -0.2) is 0 Å². The van der Waals surface area contributed by atoms with E-state index in [-0.39, 0.29) is 6.10 Å². The highest BCUT2D eigenvalue weighted by atomic mass is 16.5. The fourth-order valence-electron chi connectivity index (χ4n) is 2.85. The predicted octanol–water partition coefficient (Wildman–Crippen LogP) is 4.35. The molecule has 0 saturated heterocycles. The van der Waals surface area contributed by atoms with Crippen LogP contribution in [0.3, 0.4) is 0 Å². The molecule has 1 aromatic carbocycles. The molecule has 3 nitrogen and oxygen atoms in total. The Balaban J connectivity index is 2.08. The van der Waals surface area contributed by atoms with Gasteiger partial charge in [0.1, 0.15) is 5.75 Å². The zero-order chi connectivity index (χ0) is 16.8. The Morgan fingerprint density at radius 2 is 2.17 bits per heavy atom. The summed E-state index contributed by atoms with van der Waals surface area (Å²) in [5.74, 6) is 0.297. The normalized spacial score (nSPS) is 18.7. The summed E-state index contributed by atoms with van der Waals surface area (Å²) in [6, 6.07) is 7.34. The van der Waals surface area contributed by atoms with Crippen molar-refractivity contribution in [2.24, 2.45) is 0 Å². The maximum Gasteiger partial charge on any atom is 0.458 e.